The summed E-state index contributed by atoms with van der Waals surface area (Å²) in [6.45, 7) is 2.79. The standard InChI is InChI=1S/C11H24N2O3S/c1-16-7-2-4-13-11(15)10-12-5-9-17-8-3-6-14/h12,14H,2-10H2,1H3,(H,13,15). The van der Waals surface area contributed by atoms with Crippen LogP contribution in [0.5, 0.6) is 0 Å². The van der Waals surface area contributed by atoms with E-state index in [0.717, 1.165) is 30.9 Å². The van der Waals surface area contributed by atoms with Crippen LogP contribution in [0.15, 0.2) is 0 Å². The van der Waals surface area contributed by atoms with Gasteiger partial charge in [-0.25, -0.2) is 0 Å². The smallest absolute Gasteiger partial charge is 0.233 e. The molecule has 0 aliphatic carbocycles. The van der Waals surface area contributed by atoms with Gasteiger partial charge in [0.2, 0.25) is 5.91 Å². The molecule has 3 N–H and O–H groups in total. The molecule has 0 saturated heterocycles. The second-order valence-electron chi connectivity index (χ2n) is 3.56. The molecule has 5 nitrogen and oxygen atoms in total. The minimum atomic E-state index is 0.0291. The molecule has 0 radical (unpaired) electrons. The third-order valence-corrected chi connectivity index (χ3v) is 3.07. The second kappa shape index (κ2) is 13.8. The second-order valence-corrected chi connectivity index (χ2v) is 4.79. The fraction of sp³-hybridized carbons (Fsp3) is 0.909. The quantitative estimate of drug-likeness (QED) is 0.428. The molecule has 0 aromatic heterocycles. The Morgan fingerprint density at radius 1 is 1.29 bits per heavy atom. The lowest BCUT2D eigenvalue weighted by Gasteiger charge is -2.06. The highest BCUT2D eigenvalue weighted by atomic mass is 32.2. The highest BCUT2D eigenvalue weighted by molar-refractivity contribution is 7.99. The van der Waals surface area contributed by atoms with Gasteiger partial charge in [0, 0.05) is 39.2 Å². The van der Waals surface area contributed by atoms with E-state index in [4.69, 9.17) is 9.84 Å². The van der Waals surface area contributed by atoms with E-state index in [1.165, 1.54) is 0 Å². The Bertz CT molecular complexity index is 182. The van der Waals surface area contributed by atoms with E-state index in [1.54, 1.807) is 18.9 Å². The minimum Gasteiger partial charge on any atom is -0.396 e. The van der Waals surface area contributed by atoms with Crippen molar-refractivity contribution in [3.63, 3.8) is 0 Å². The maximum atomic E-state index is 11.3. The predicted molar refractivity (Wildman–Crippen MR) is 71.4 cm³/mol. The highest BCUT2D eigenvalue weighted by Crippen LogP contribution is 1.99. The molecule has 0 aliphatic rings. The molecule has 0 fully saturated rings. The van der Waals surface area contributed by atoms with E-state index in [9.17, 15) is 4.79 Å². The van der Waals surface area contributed by atoms with Gasteiger partial charge in [-0.1, -0.05) is 0 Å². The van der Waals surface area contributed by atoms with Crippen molar-refractivity contribution < 1.29 is 14.6 Å². The van der Waals surface area contributed by atoms with Gasteiger partial charge < -0.3 is 20.5 Å². The Morgan fingerprint density at radius 2 is 2.12 bits per heavy atom. The number of thioether (sulfide) groups is 1. The van der Waals surface area contributed by atoms with E-state index in [-0.39, 0.29) is 12.5 Å². The molecule has 102 valence electrons. The molecule has 0 rings (SSSR count). The number of hydrogen-bond donors (Lipinski definition) is 3. The van der Waals surface area contributed by atoms with Crippen molar-refractivity contribution in [1.29, 1.82) is 0 Å². The number of amides is 1. The van der Waals surface area contributed by atoms with Gasteiger partial charge in [-0.2, -0.15) is 11.8 Å². The molecule has 0 aromatic carbocycles. The van der Waals surface area contributed by atoms with E-state index < -0.39 is 0 Å². The van der Waals surface area contributed by atoms with Gasteiger partial charge in [-0.15, -0.1) is 0 Å². The van der Waals surface area contributed by atoms with Gasteiger partial charge >= 0.3 is 0 Å². The molecule has 0 saturated carbocycles. The number of methoxy groups -OCH3 is 1. The van der Waals surface area contributed by atoms with Crippen LogP contribution in [0.3, 0.4) is 0 Å². The maximum absolute atomic E-state index is 11.3. The lowest BCUT2D eigenvalue weighted by atomic mass is 10.4. The van der Waals surface area contributed by atoms with Gasteiger partial charge in [0.05, 0.1) is 6.54 Å². The lowest BCUT2D eigenvalue weighted by molar-refractivity contribution is -0.120. The molecule has 1 amide bonds. The third-order valence-electron chi connectivity index (χ3n) is 2.00. The Morgan fingerprint density at radius 3 is 2.82 bits per heavy atom. The fourth-order valence-electron chi connectivity index (χ4n) is 1.12. The van der Waals surface area contributed by atoms with Gasteiger partial charge in [0.15, 0.2) is 0 Å². The summed E-state index contributed by atoms with van der Waals surface area (Å²) in [5.41, 5.74) is 0. The van der Waals surface area contributed by atoms with Crippen LogP contribution in [0.1, 0.15) is 12.8 Å². The summed E-state index contributed by atoms with van der Waals surface area (Å²) in [6.07, 6.45) is 1.68. The van der Waals surface area contributed by atoms with Crippen LogP contribution < -0.4 is 10.6 Å². The summed E-state index contributed by atoms with van der Waals surface area (Å²) in [4.78, 5) is 11.3. The Hall–Kier alpha value is -0.300. The van der Waals surface area contributed by atoms with Crippen molar-refractivity contribution in [2.24, 2.45) is 0 Å². The van der Waals surface area contributed by atoms with E-state index in [2.05, 4.69) is 10.6 Å². The average Bonchev–Trinajstić information content (AvgIpc) is 2.33. The van der Waals surface area contributed by atoms with Crippen molar-refractivity contribution in [2.45, 2.75) is 12.8 Å². The van der Waals surface area contributed by atoms with Crippen LogP contribution in [-0.4, -0.2) is 62.5 Å². The number of ether oxygens (including phenoxy) is 1. The van der Waals surface area contributed by atoms with Crippen LogP contribution >= 0.6 is 11.8 Å². The molecule has 0 heterocycles. The Kier molecular flexibility index (Phi) is 13.5. The summed E-state index contributed by atoms with van der Waals surface area (Å²) >= 11 is 1.78. The van der Waals surface area contributed by atoms with Crippen LogP contribution in [-0.2, 0) is 9.53 Å². The van der Waals surface area contributed by atoms with Crippen LogP contribution in [0.2, 0.25) is 0 Å². The summed E-state index contributed by atoms with van der Waals surface area (Å²) in [5, 5.41) is 14.5. The first-order valence-corrected chi connectivity index (χ1v) is 7.11. The molecule has 6 heteroatoms. The normalized spacial score (nSPS) is 10.5. The molecule has 17 heavy (non-hydrogen) atoms. The number of carbonyl (C=O) groups excluding carboxylic acids is 1. The monoisotopic (exact) mass is 264 g/mol. The Labute approximate surface area is 108 Å². The number of aliphatic hydroxyl groups is 1. The first-order chi connectivity index (χ1) is 8.31. The number of hydrogen-bond acceptors (Lipinski definition) is 5. The summed E-state index contributed by atoms with van der Waals surface area (Å²) in [6, 6.07) is 0. The molecule has 0 bridgehead atoms. The minimum absolute atomic E-state index is 0.0291. The number of aliphatic hydroxyl groups excluding tert-OH is 1. The van der Waals surface area contributed by atoms with Gasteiger partial charge in [0.25, 0.3) is 0 Å². The van der Waals surface area contributed by atoms with Crippen LogP contribution in [0.4, 0.5) is 0 Å². The summed E-state index contributed by atoms with van der Waals surface area (Å²) in [7, 11) is 1.65. The first kappa shape index (κ1) is 16.7. The third kappa shape index (κ3) is 13.6. The number of nitrogens with one attached hydrogen (secondary N) is 2. The molecule has 0 aliphatic heterocycles. The van der Waals surface area contributed by atoms with Gasteiger partial charge in [-0.3, -0.25) is 4.79 Å². The van der Waals surface area contributed by atoms with Crippen molar-refractivity contribution in [2.75, 3.05) is 51.5 Å². The first-order valence-electron chi connectivity index (χ1n) is 5.96. The Balaban J connectivity index is 3.11. The summed E-state index contributed by atoms with van der Waals surface area (Å²) in [5.74, 6) is 1.97. The van der Waals surface area contributed by atoms with E-state index >= 15 is 0 Å². The van der Waals surface area contributed by atoms with E-state index in [1.807, 2.05) is 0 Å². The number of rotatable bonds is 12. The van der Waals surface area contributed by atoms with E-state index in [0.29, 0.717) is 19.7 Å². The lowest BCUT2D eigenvalue weighted by Crippen LogP contribution is -2.35. The van der Waals surface area contributed by atoms with Crippen molar-refractivity contribution in [3.8, 4) is 0 Å². The predicted octanol–water partition coefficient (Wildman–Crippen LogP) is -0.156. The maximum Gasteiger partial charge on any atom is 0.233 e. The zero-order valence-electron chi connectivity index (χ0n) is 10.5. The van der Waals surface area contributed by atoms with Crippen molar-refractivity contribution in [1.82, 2.24) is 10.6 Å². The number of carbonyl (C=O) groups is 1. The molecular formula is C11H24N2O3S. The van der Waals surface area contributed by atoms with Crippen LogP contribution in [0, 0.1) is 0 Å². The average molecular weight is 264 g/mol. The zero-order chi connectivity index (χ0) is 12.8. The fourth-order valence-corrected chi connectivity index (χ4v) is 1.95. The topological polar surface area (TPSA) is 70.6 Å². The van der Waals surface area contributed by atoms with Gasteiger partial charge in [-0.05, 0) is 18.6 Å². The molecule has 0 atom stereocenters. The molecule has 0 aromatic rings. The van der Waals surface area contributed by atoms with Gasteiger partial charge in [0.1, 0.15) is 0 Å². The summed E-state index contributed by atoms with van der Waals surface area (Å²) < 4.78 is 4.88. The zero-order valence-corrected chi connectivity index (χ0v) is 11.4. The molecular weight excluding hydrogens is 240 g/mol. The van der Waals surface area contributed by atoms with Crippen molar-refractivity contribution in [3.05, 3.63) is 0 Å². The van der Waals surface area contributed by atoms with Crippen LogP contribution in [0.25, 0.3) is 0 Å². The van der Waals surface area contributed by atoms with Crippen molar-refractivity contribution >= 4 is 17.7 Å². The molecule has 0 unspecified atom stereocenters. The molecule has 0 spiro atoms. The largest absolute Gasteiger partial charge is 0.396 e. The SMILES string of the molecule is COCCCNC(=O)CNCCSCCCO. The highest BCUT2D eigenvalue weighted by Gasteiger charge is 1.98.